The number of nitrogens with zero attached hydrogens (tertiary/aromatic N) is 3. The highest BCUT2D eigenvalue weighted by molar-refractivity contribution is 5.98. The maximum atomic E-state index is 13.6. The van der Waals surface area contributed by atoms with E-state index < -0.39 is 11.7 Å². The molecule has 5 rings (SSSR count). The normalized spacial score (nSPS) is 11.8. The average molecular weight is 490 g/mol. The van der Waals surface area contributed by atoms with Crippen LogP contribution in [-0.4, -0.2) is 20.8 Å². The van der Waals surface area contributed by atoms with Crippen LogP contribution in [0.15, 0.2) is 77.5 Å². The number of furan rings is 1. The van der Waals surface area contributed by atoms with Crippen molar-refractivity contribution in [1.29, 1.82) is 0 Å². The predicted molar refractivity (Wildman–Crippen MR) is 130 cm³/mol. The third-order valence-corrected chi connectivity index (χ3v) is 5.98. The molecule has 3 aromatic heterocycles. The number of aryl methyl sites for hydroxylation is 1. The number of carbonyl (C=O) groups is 1. The zero-order chi connectivity index (χ0) is 25.4. The maximum Gasteiger partial charge on any atom is 0.417 e. The van der Waals surface area contributed by atoms with Crippen LogP contribution in [-0.2, 0) is 19.3 Å². The molecule has 36 heavy (non-hydrogen) atoms. The van der Waals surface area contributed by atoms with Crippen molar-refractivity contribution < 1.29 is 22.4 Å². The van der Waals surface area contributed by atoms with Gasteiger partial charge in [-0.25, -0.2) is 4.98 Å². The van der Waals surface area contributed by atoms with Crippen molar-refractivity contribution in [2.45, 2.75) is 26.2 Å². The molecule has 0 saturated heterocycles. The minimum absolute atomic E-state index is 0.0181. The molecule has 0 bridgehead atoms. The Morgan fingerprint density at radius 1 is 1.00 bits per heavy atom. The van der Waals surface area contributed by atoms with Gasteiger partial charge in [-0.1, -0.05) is 12.1 Å². The fraction of sp³-hybridized carbons (Fsp3) is 0.148. The first-order valence-electron chi connectivity index (χ1n) is 11.1. The van der Waals surface area contributed by atoms with Crippen LogP contribution in [0.1, 0.15) is 32.7 Å². The summed E-state index contributed by atoms with van der Waals surface area (Å²) in [6.45, 7) is 2.06. The van der Waals surface area contributed by atoms with Gasteiger partial charge in [-0.3, -0.25) is 9.78 Å². The summed E-state index contributed by atoms with van der Waals surface area (Å²) in [6, 6.07) is 16.7. The number of nitrogen functional groups attached to an aromatic ring is 1. The first-order valence-corrected chi connectivity index (χ1v) is 11.1. The number of amides is 1. The van der Waals surface area contributed by atoms with E-state index in [1.165, 1.54) is 6.07 Å². The zero-order valence-corrected chi connectivity index (χ0v) is 19.2. The summed E-state index contributed by atoms with van der Waals surface area (Å²) < 4.78 is 44.4. The van der Waals surface area contributed by atoms with E-state index in [4.69, 9.17) is 10.2 Å². The monoisotopic (exact) mass is 490 g/mol. The minimum Gasteiger partial charge on any atom is -0.464 e. The van der Waals surface area contributed by atoms with E-state index in [1.54, 1.807) is 29.4 Å². The lowest BCUT2D eigenvalue weighted by Gasteiger charge is -2.23. The van der Waals surface area contributed by atoms with Gasteiger partial charge in [0.15, 0.2) is 0 Å². The summed E-state index contributed by atoms with van der Waals surface area (Å²) in [5, 5.41) is 1.69. The Balaban J connectivity index is 1.49. The highest BCUT2D eigenvalue weighted by Crippen LogP contribution is 2.29. The second kappa shape index (κ2) is 8.99. The van der Waals surface area contributed by atoms with Crippen molar-refractivity contribution in [2.24, 2.45) is 0 Å². The summed E-state index contributed by atoms with van der Waals surface area (Å²) in [5.74, 6) is 0.123. The Hall–Kier alpha value is -4.40. The largest absolute Gasteiger partial charge is 0.464 e. The molecular formula is C27H21F3N4O2. The minimum atomic E-state index is -4.49. The van der Waals surface area contributed by atoms with Crippen LogP contribution >= 0.6 is 0 Å². The molecule has 0 fully saturated rings. The number of hydrogen-bond acceptors (Lipinski definition) is 5. The molecule has 2 N–H and O–H groups in total. The highest BCUT2D eigenvalue weighted by Gasteiger charge is 2.30. The van der Waals surface area contributed by atoms with Crippen molar-refractivity contribution in [1.82, 2.24) is 14.9 Å². The number of nitrogens with two attached hydrogens (primary N) is 1. The number of halogens is 3. The van der Waals surface area contributed by atoms with Gasteiger partial charge in [0.05, 0.1) is 29.6 Å². The number of benzene rings is 2. The number of alkyl halides is 3. The highest BCUT2D eigenvalue weighted by atomic mass is 19.4. The summed E-state index contributed by atoms with van der Waals surface area (Å²) in [7, 11) is 0. The Labute approximate surface area is 204 Å². The fourth-order valence-electron chi connectivity index (χ4n) is 4.01. The molecule has 0 atom stereocenters. The van der Waals surface area contributed by atoms with Crippen LogP contribution in [0.4, 0.5) is 19.0 Å². The van der Waals surface area contributed by atoms with Crippen molar-refractivity contribution in [3.05, 3.63) is 101 Å². The molecule has 0 spiro atoms. The molecule has 6 nitrogen and oxygen atoms in total. The summed E-state index contributed by atoms with van der Waals surface area (Å²) in [6.07, 6.45) is -2.12. The predicted octanol–water partition coefficient (Wildman–Crippen LogP) is 6.13. The molecule has 1 amide bonds. The quantitative estimate of drug-likeness (QED) is 0.320. The van der Waals surface area contributed by atoms with Crippen LogP contribution < -0.4 is 5.73 Å². The molecule has 0 saturated carbocycles. The molecular weight excluding hydrogens is 469 g/mol. The van der Waals surface area contributed by atoms with Gasteiger partial charge in [-0.2, -0.15) is 13.2 Å². The fourth-order valence-corrected chi connectivity index (χ4v) is 4.01. The summed E-state index contributed by atoms with van der Waals surface area (Å²) >= 11 is 0. The van der Waals surface area contributed by atoms with Crippen molar-refractivity contribution in [3.8, 4) is 0 Å². The summed E-state index contributed by atoms with van der Waals surface area (Å²) in [5.41, 5.74) is 8.75. The summed E-state index contributed by atoms with van der Waals surface area (Å²) in [4.78, 5) is 23.5. The lowest BCUT2D eigenvalue weighted by molar-refractivity contribution is -0.137. The van der Waals surface area contributed by atoms with Crippen molar-refractivity contribution >= 4 is 33.6 Å². The number of hydrogen-bond donors (Lipinski definition) is 1. The molecule has 182 valence electrons. The molecule has 3 heterocycles. The van der Waals surface area contributed by atoms with Crippen molar-refractivity contribution in [2.75, 3.05) is 5.73 Å². The van der Waals surface area contributed by atoms with Gasteiger partial charge < -0.3 is 15.1 Å². The lowest BCUT2D eigenvalue weighted by atomic mass is 10.1. The molecule has 0 radical (unpaired) electrons. The van der Waals surface area contributed by atoms with Gasteiger partial charge in [0, 0.05) is 29.1 Å². The molecule has 9 heteroatoms. The first kappa shape index (κ1) is 23.3. The Morgan fingerprint density at radius 2 is 1.83 bits per heavy atom. The van der Waals surface area contributed by atoms with Gasteiger partial charge in [-0.15, -0.1) is 0 Å². The van der Waals surface area contributed by atoms with E-state index in [0.717, 1.165) is 34.2 Å². The number of rotatable bonds is 5. The number of aromatic nitrogens is 2. The topological polar surface area (TPSA) is 85.2 Å². The zero-order valence-electron chi connectivity index (χ0n) is 19.2. The maximum absolute atomic E-state index is 13.6. The SMILES string of the molecule is Cc1cc2cc(C(=O)N(Cc3ccc4ccoc4c3)Cc3ccc(C(F)(F)F)cn3)ccc2nc1N. The van der Waals surface area contributed by atoms with E-state index in [1.807, 2.05) is 37.3 Å². The van der Waals surface area contributed by atoms with Gasteiger partial charge >= 0.3 is 6.18 Å². The molecule has 5 aromatic rings. The van der Waals surface area contributed by atoms with Crippen molar-refractivity contribution in [3.63, 3.8) is 0 Å². The molecule has 0 aliphatic rings. The van der Waals surface area contributed by atoms with Gasteiger partial charge in [-0.05, 0) is 66.6 Å². The van der Waals surface area contributed by atoms with Crippen LogP contribution in [0.3, 0.4) is 0 Å². The lowest BCUT2D eigenvalue weighted by Crippen LogP contribution is -2.30. The Bertz CT molecular complexity index is 1580. The third-order valence-electron chi connectivity index (χ3n) is 5.98. The van der Waals surface area contributed by atoms with E-state index >= 15 is 0 Å². The molecule has 0 unspecified atom stereocenters. The van der Waals surface area contributed by atoms with Crippen LogP contribution in [0, 0.1) is 6.92 Å². The second-order valence-corrected chi connectivity index (χ2v) is 8.59. The smallest absolute Gasteiger partial charge is 0.417 e. The van der Waals surface area contributed by atoms with E-state index in [9.17, 15) is 18.0 Å². The Kier molecular flexibility index (Phi) is 5.83. The second-order valence-electron chi connectivity index (χ2n) is 8.59. The van der Waals surface area contributed by atoms with E-state index in [0.29, 0.717) is 28.2 Å². The molecule has 0 aliphatic heterocycles. The first-order chi connectivity index (χ1) is 17.2. The van der Waals surface area contributed by atoms with Crippen LogP contribution in [0.25, 0.3) is 21.9 Å². The van der Waals surface area contributed by atoms with E-state index in [2.05, 4.69) is 9.97 Å². The van der Waals surface area contributed by atoms with Gasteiger partial charge in [0.1, 0.15) is 11.4 Å². The van der Waals surface area contributed by atoms with Gasteiger partial charge in [0.2, 0.25) is 0 Å². The Morgan fingerprint density at radius 3 is 2.58 bits per heavy atom. The average Bonchev–Trinajstić information content (AvgIpc) is 3.31. The number of anilines is 1. The number of carbonyl (C=O) groups excluding carboxylic acids is 1. The molecule has 2 aromatic carbocycles. The van der Waals surface area contributed by atoms with E-state index in [-0.39, 0.29) is 19.0 Å². The number of fused-ring (bicyclic) bond motifs is 2. The number of pyridine rings is 2. The van der Waals surface area contributed by atoms with Gasteiger partial charge in [0.25, 0.3) is 5.91 Å². The molecule has 0 aliphatic carbocycles. The van der Waals surface area contributed by atoms with Crippen LogP contribution in [0.2, 0.25) is 0 Å². The van der Waals surface area contributed by atoms with Crippen LogP contribution in [0.5, 0.6) is 0 Å². The third kappa shape index (κ3) is 4.72. The standard InChI is InChI=1S/C27H21F3N4O2/c1-16-10-20-12-19(4-7-23(20)33-25(16)31)26(35)34(14-17-2-3-18-8-9-36-24(18)11-17)15-22-6-5-21(13-32-22)27(28,29)30/h2-13H,14-15H2,1H3,(H2,31,33).